The molecule has 0 fully saturated rings. The summed E-state index contributed by atoms with van der Waals surface area (Å²) < 4.78 is 6.53. The van der Waals surface area contributed by atoms with Crippen LogP contribution in [0, 0.1) is 0 Å². The molecular weight excluding hydrogens is 328 g/mol. The third-order valence-corrected chi connectivity index (χ3v) is 6.07. The summed E-state index contributed by atoms with van der Waals surface area (Å²) in [5.74, 6) is 1.53. The average Bonchev–Trinajstić information content (AvgIpc) is 2.95. The number of carbonyl (C=O) groups is 1. The van der Waals surface area contributed by atoms with Gasteiger partial charge in [-0.05, 0) is 24.6 Å². The molecule has 2 aromatic rings. The molecule has 0 atom stereocenters. The van der Waals surface area contributed by atoms with Gasteiger partial charge in [0, 0.05) is 40.1 Å². The zero-order valence-electron chi connectivity index (χ0n) is 14.2. The van der Waals surface area contributed by atoms with Crippen molar-refractivity contribution in [1.82, 2.24) is 4.98 Å². The smallest absolute Gasteiger partial charge is 0.383 e. The topological polar surface area (TPSA) is 42.1 Å². The zero-order chi connectivity index (χ0) is 16.9. The van der Waals surface area contributed by atoms with Crippen LogP contribution in [0.15, 0.2) is 24.4 Å². The summed E-state index contributed by atoms with van der Waals surface area (Å²) >= 11 is 0. The standard InChI is InChI=1S/C17H25N2O2S2/c1-5-19(3,4)11-10-13-12-18-14-8-7-9-15(16(13)14)21-17(20)23-22-6-2/h7-9,12,18H,5-6,10-11H2,1-4H3/q+1. The third kappa shape index (κ3) is 4.93. The minimum absolute atomic E-state index is 0.263. The van der Waals surface area contributed by atoms with Gasteiger partial charge < -0.3 is 14.2 Å². The van der Waals surface area contributed by atoms with Crippen LogP contribution >= 0.6 is 21.6 Å². The molecule has 0 aliphatic carbocycles. The summed E-state index contributed by atoms with van der Waals surface area (Å²) in [6.07, 6.45) is 2.98. The van der Waals surface area contributed by atoms with E-state index >= 15 is 0 Å². The van der Waals surface area contributed by atoms with E-state index in [2.05, 4.69) is 26.0 Å². The van der Waals surface area contributed by atoms with Gasteiger partial charge >= 0.3 is 5.30 Å². The van der Waals surface area contributed by atoms with E-state index in [-0.39, 0.29) is 5.30 Å². The van der Waals surface area contributed by atoms with E-state index in [0.29, 0.717) is 5.75 Å². The number of quaternary nitrogens is 1. The lowest BCUT2D eigenvalue weighted by atomic mass is 10.1. The van der Waals surface area contributed by atoms with Gasteiger partial charge in [0.1, 0.15) is 5.75 Å². The van der Waals surface area contributed by atoms with Crippen molar-refractivity contribution in [3.63, 3.8) is 0 Å². The number of benzene rings is 1. The molecule has 1 aromatic carbocycles. The normalized spacial score (nSPS) is 11.8. The third-order valence-electron chi connectivity index (χ3n) is 4.03. The first-order valence-corrected chi connectivity index (χ1v) is 10.2. The average molecular weight is 354 g/mol. The van der Waals surface area contributed by atoms with Gasteiger partial charge in [-0.25, -0.2) is 4.79 Å². The molecule has 4 nitrogen and oxygen atoms in total. The van der Waals surface area contributed by atoms with Crippen LogP contribution in [0.1, 0.15) is 19.4 Å². The highest BCUT2D eigenvalue weighted by atomic mass is 33.1. The Morgan fingerprint density at radius 1 is 1.30 bits per heavy atom. The number of nitrogens with zero attached hydrogens (tertiary/aromatic N) is 1. The van der Waals surface area contributed by atoms with Crippen molar-refractivity contribution in [2.75, 3.05) is 32.9 Å². The van der Waals surface area contributed by atoms with Gasteiger partial charge in [-0.3, -0.25) is 0 Å². The second kappa shape index (κ2) is 8.13. The predicted octanol–water partition coefficient (Wildman–Crippen LogP) is 4.71. The Bertz CT molecular complexity index is 668. The molecule has 0 saturated heterocycles. The Morgan fingerprint density at radius 2 is 2.09 bits per heavy atom. The number of H-pyrrole nitrogens is 1. The van der Waals surface area contributed by atoms with Crippen molar-refractivity contribution >= 4 is 37.8 Å². The second-order valence-corrected chi connectivity index (χ2v) is 8.58. The van der Waals surface area contributed by atoms with E-state index in [1.807, 2.05) is 31.3 Å². The SMILES string of the molecule is CCSSC(=O)Oc1cccc2[nH]cc(CC[N+](C)(C)CC)c12. The van der Waals surface area contributed by atoms with Crippen molar-refractivity contribution in [1.29, 1.82) is 0 Å². The summed E-state index contributed by atoms with van der Waals surface area (Å²) in [6.45, 7) is 6.36. The number of ether oxygens (including phenoxy) is 1. The van der Waals surface area contributed by atoms with Crippen LogP contribution in [-0.4, -0.2) is 47.7 Å². The summed E-state index contributed by atoms with van der Waals surface area (Å²) in [7, 11) is 7.11. The van der Waals surface area contributed by atoms with Gasteiger partial charge in [-0.1, -0.05) is 23.8 Å². The molecule has 0 unspecified atom stereocenters. The molecule has 6 heteroatoms. The summed E-state index contributed by atoms with van der Waals surface area (Å²) in [6, 6.07) is 5.80. The number of hydrogen-bond acceptors (Lipinski definition) is 4. The number of aromatic nitrogens is 1. The number of aromatic amines is 1. The number of rotatable bonds is 7. The maximum Gasteiger partial charge on any atom is 0.383 e. The summed E-state index contributed by atoms with van der Waals surface area (Å²) in [4.78, 5) is 15.2. The molecule has 2 rings (SSSR count). The highest BCUT2D eigenvalue weighted by molar-refractivity contribution is 8.82. The summed E-state index contributed by atoms with van der Waals surface area (Å²) in [5.41, 5.74) is 2.22. The van der Waals surface area contributed by atoms with Crippen LogP contribution in [0.5, 0.6) is 5.75 Å². The molecular formula is C17H25N2O2S2+. The number of carbonyl (C=O) groups excluding carboxylic acids is 1. The Kier molecular flexibility index (Phi) is 6.44. The molecule has 126 valence electrons. The van der Waals surface area contributed by atoms with Crippen molar-refractivity contribution in [3.8, 4) is 5.75 Å². The molecule has 0 bridgehead atoms. The van der Waals surface area contributed by atoms with Crippen molar-refractivity contribution in [3.05, 3.63) is 30.0 Å². The lowest BCUT2D eigenvalue weighted by Crippen LogP contribution is -2.40. The molecule has 23 heavy (non-hydrogen) atoms. The predicted molar refractivity (Wildman–Crippen MR) is 101 cm³/mol. The highest BCUT2D eigenvalue weighted by Crippen LogP contribution is 2.32. The number of fused-ring (bicyclic) bond motifs is 1. The van der Waals surface area contributed by atoms with Gasteiger partial charge in [0.25, 0.3) is 0 Å². The van der Waals surface area contributed by atoms with E-state index in [0.717, 1.165) is 51.4 Å². The van der Waals surface area contributed by atoms with E-state index in [1.54, 1.807) is 0 Å². The molecule has 0 aliphatic rings. The molecule has 0 amide bonds. The van der Waals surface area contributed by atoms with Gasteiger partial charge in [0.2, 0.25) is 0 Å². The highest BCUT2D eigenvalue weighted by Gasteiger charge is 2.17. The largest absolute Gasteiger partial charge is 0.417 e. The van der Waals surface area contributed by atoms with Crippen molar-refractivity contribution < 1.29 is 14.0 Å². The van der Waals surface area contributed by atoms with Gasteiger partial charge in [0.05, 0.1) is 27.2 Å². The fourth-order valence-corrected chi connectivity index (χ4v) is 3.38. The fourth-order valence-electron chi connectivity index (χ4n) is 2.30. The van der Waals surface area contributed by atoms with Gasteiger partial charge in [-0.2, -0.15) is 0 Å². The van der Waals surface area contributed by atoms with E-state index < -0.39 is 0 Å². The number of nitrogens with one attached hydrogen (secondary N) is 1. The number of hydrogen-bond donors (Lipinski definition) is 1. The van der Waals surface area contributed by atoms with Crippen LogP contribution in [0.2, 0.25) is 0 Å². The Morgan fingerprint density at radius 3 is 2.78 bits per heavy atom. The van der Waals surface area contributed by atoms with Crippen LogP contribution < -0.4 is 4.74 Å². The minimum Gasteiger partial charge on any atom is -0.417 e. The maximum absolute atomic E-state index is 11.9. The molecule has 1 N–H and O–H groups in total. The zero-order valence-corrected chi connectivity index (χ0v) is 15.9. The Labute approximate surface area is 145 Å². The first-order chi connectivity index (χ1) is 11.0. The van der Waals surface area contributed by atoms with E-state index in [9.17, 15) is 4.79 Å². The van der Waals surface area contributed by atoms with Crippen molar-refractivity contribution in [2.45, 2.75) is 20.3 Å². The Hall–Kier alpha value is -1.11. The first-order valence-electron chi connectivity index (χ1n) is 7.89. The van der Waals surface area contributed by atoms with Crippen molar-refractivity contribution in [2.24, 2.45) is 0 Å². The molecule has 1 aromatic heterocycles. The first kappa shape index (κ1) is 18.2. The summed E-state index contributed by atoms with van der Waals surface area (Å²) in [5, 5.41) is 0.764. The lowest BCUT2D eigenvalue weighted by molar-refractivity contribution is -0.888. The molecule has 1 heterocycles. The molecule has 0 saturated carbocycles. The quantitative estimate of drug-likeness (QED) is 0.445. The van der Waals surface area contributed by atoms with E-state index in [4.69, 9.17) is 4.74 Å². The van der Waals surface area contributed by atoms with Gasteiger partial charge in [-0.15, -0.1) is 0 Å². The second-order valence-electron chi connectivity index (χ2n) is 6.06. The monoisotopic (exact) mass is 353 g/mol. The van der Waals surface area contributed by atoms with Gasteiger partial charge in [0.15, 0.2) is 0 Å². The molecule has 0 spiro atoms. The Balaban J connectivity index is 2.21. The minimum atomic E-state index is -0.263. The van der Waals surface area contributed by atoms with E-state index in [1.165, 1.54) is 16.4 Å². The number of likely N-dealkylation sites (N-methyl/N-ethyl adjacent to an activating group) is 1. The van der Waals surface area contributed by atoms with Crippen LogP contribution in [0.3, 0.4) is 0 Å². The molecule has 0 aliphatic heterocycles. The fraction of sp³-hybridized carbons (Fsp3) is 0.471. The van der Waals surface area contributed by atoms with Crippen LogP contribution in [0.4, 0.5) is 4.79 Å². The van der Waals surface area contributed by atoms with Crippen LogP contribution in [-0.2, 0) is 6.42 Å². The maximum atomic E-state index is 11.9. The van der Waals surface area contributed by atoms with Crippen LogP contribution in [0.25, 0.3) is 10.9 Å². The lowest BCUT2D eigenvalue weighted by Gasteiger charge is -2.28. The molecule has 0 radical (unpaired) electrons.